The van der Waals surface area contributed by atoms with Crippen LogP contribution in [0.4, 0.5) is 0 Å². The fourth-order valence-electron chi connectivity index (χ4n) is 6.94. The molecule has 0 spiro atoms. The molecule has 25 heavy (non-hydrogen) atoms. The molecule has 0 radical (unpaired) electrons. The van der Waals surface area contributed by atoms with Crippen LogP contribution in [0.25, 0.3) is 0 Å². The molecule has 0 aromatic carbocycles. The Bertz CT molecular complexity index is 665. The van der Waals surface area contributed by atoms with Gasteiger partial charge in [-0.2, -0.15) is 0 Å². The molecule has 2 fully saturated rings. The number of carbonyl (C=O) groups is 1. The summed E-state index contributed by atoms with van der Waals surface area (Å²) in [5, 5.41) is 11.4. The van der Waals surface area contributed by atoms with Crippen molar-refractivity contribution in [3.05, 3.63) is 23.3 Å². The van der Waals surface area contributed by atoms with Crippen molar-refractivity contribution in [3.63, 3.8) is 0 Å². The van der Waals surface area contributed by atoms with Crippen molar-refractivity contribution < 1.29 is 9.90 Å². The molecule has 138 valence electrons. The van der Waals surface area contributed by atoms with Gasteiger partial charge in [-0.1, -0.05) is 38.0 Å². The third-order valence-electron chi connectivity index (χ3n) is 8.49. The number of rotatable bonds is 2. The lowest BCUT2D eigenvalue weighted by Gasteiger charge is -2.56. The molecule has 4 aliphatic rings. The SMILES string of the molecule is C[C@H]1C[C@@H]2C(=CC[C@@]3(C)[C@H]2CC[C@]3(O)CCCl)[C@@]2(C)CCC(=O)C=C12. The topological polar surface area (TPSA) is 37.3 Å². The van der Waals surface area contributed by atoms with Crippen molar-refractivity contribution in [2.24, 2.45) is 28.6 Å². The lowest BCUT2D eigenvalue weighted by atomic mass is 9.49. The average Bonchev–Trinajstić information content (AvgIpc) is 2.82. The third-order valence-corrected chi connectivity index (χ3v) is 8.68. The molecule has 4 rings (SSSR count). The van der Waals surface area contributed by atoms with E-state index in [2.05, 4.69) is 26.8 Å². The molecule has 0 aromatic rings. The van der Waals surface area contributed by atoms with E-state index in [0.29, 0.717) is 42.3 Å². The monoisotopic (exact) mass is 362 g/mol. The van der Waals surface area contributed by atoms with Gasteiger partial charge in [-0.05, 0) is 62.4 Å². The maximum atomic E-state index is 12.0. The number of fused-ring (bicyclic) bond motifs is 5. The van der Waals surface area contributed by atoms with E-state index in [1.54, 1.807) is 5.57 Å². The molecule has 0 bridgehead atoms. The Morgan fingerprint density at radius 2 is 2.04 bits per heavy atom. The van der Waals surface area contributed by atoms with Crippen LogP contribution in [0.1, 0.15) is 65.7 Å². The Kier molecular flexibility index (Phi) is 4.05. The predicted molar refractivity (Wildman–Crippen MR) is 102 cm³/mol. The Morgan fingerprint density at radius 1 is 1.28 bits per heavy atom. The van der Waals surface area contributed by atoms with Crippen LogP contribution in [-0.4, -0.2) is 22.4 Å². The minimum Gasteiger partial charge on any atom is -0.389 e. The number of aliphatic hydroxyl groups is 1. The summed E-state index contributed by atoms with van der Waals surface area (Å²) in [5.41, 5.74) is 2.32. The summed E-state index contributed by atoms with van der Waals surface area (Å²) in [5.74, 6) is 2.38. The summed E-state index contributed by atoms with van der Waals surface area (Å²) in [6, 6.07) is 0. The highest BCUT2D eigenvalue weighted by Crippen LogP contribution is 2.66. The van der Waals surface area contributed by atoms with Gasteiger partial charge in [0.15, 0.2) is 5.78 Å². The third kappa shape index (κ3) is 2.29. The van der Waals surface area contributed by atoms with Gasteiger partial charge in [-0.25, -0.2) is 0 Å². The number of ketones is 1. The van der Waals surface area contributed by atoms with Crippen molar-refractivity contribution in [3.8, 4) is 0 Å². The first-order valence-electron chi connectivity index (χ1n) is 9.99. The molecule has 0 aromatic heterocycles. The van der Waals surface area contributed by atoms with Crippen LogP contribution in [0.3, 0.4) is 0 Å². The van der Waals surface area contributed by atoms with E-state index in [9.17, 15) is 9.90 Å². The number of hydrogen-bond donors (Lipinski definition) is 1. The molecular formula is C22H31ClO2. The first-order valence-corrected chi connectivity index (χ1v) is 10.5. The van der Waals surface area contributed by atoms with Crippen molar-refractivity contribution in [2.45, 2.75) is 71.3 Å². The van der Waals surface area contributed by atoms with E-state index in [1.807, 2.05) is 6.08 Å². The molecule has 1 N–H and O–H groups in total. The summed E-state index contributed by atoms with van der Waals surface area (Å²) < 4.78 is 0. The standard InChI is InChI=1S/C22H31ClO2/c1-14-12-16-17(20(2)7-4-15(24)13-19(14)20)5-8-21(3)18(16)6-9-22(21,25)10-11-23/h5,13-14,16,18,25H,4,6-12H2,1-3H3/t14-,16+,18-,20+,21-,22-/m0/s1. The Labute approximate surface area is 156 Å². The predicted octanol–water partition coefficient (Wildman–Crippen LogP) is 5.04. The minimum absolute atomic E-state index is 0.0577. The van der Waals surface area contributed by atoms with Crippen molar-refractivity contribution >= 4 is 17.4 Å². The molecule has 0 saturated heterocycles. The van der Waals surface area contributed by atoms with E-state index < -0.39 is 5.60 Å². The largest absolute Gasteiger partial charge is 0.389 e. The summed E-state index contributed by atoms with van der Waals surface area (Å²) in [4.78, 5) is 12.0. The lowest BCUT2D eigenvalue weighted by Crippen LogP contribution is -2.51. The Morgan fingerprint density at radius 3 is 2.76 bits per heavy atom. The van der Waals surface area contributed by atoms with Crippen LogP contribution in [0.5, 0.6) is 0 Å². The smallest absolute Gasteiger partial charge is 0.155 e. The highest BCUT2D eigenvalue weighted by atomic mass is 35.5. The number of hydrogen-bond acceptors (Lipinski definition) is 2. The first kappa shape index (κ1) is 17.8. The van der Waals surface area contributed by atoms with Gasteiger partial charge in [0.05, 0.1) is 5.60 Å². The lowest BCUT2D eigenvalue weighted by molar-refractivity contribution is -0.116. The van der Waals surface area contributed by atoms with Gasteiger partial charge in [0.25, 0.3) is 0 Å². The normalized spacial score (nSPS) is 49.0. The van der Waals surface area contributed by atoms with E-state index in [4.69, 9.17) is 11.6 Å². The summed E-state index contributed by atoms with van der Waals surface area (Å²) >= 11 is 6.04. The van der Waals surface area contributed by atoms with Gasteiger partial charge in [-0.3, -0.25) is 4.79 Å². The van der Waals surface area contributed by atoms with E-state index >= 15 is 0 Å². The van der Waals surface area contributed by atoms with E-state index in [0.717, 1.165) is 32.1 Å². The Balaban J connectivity index is 1.77. The van der Waals surface area contributed by atoms with Crippen LogP contribution in [-0.2, 0) is 4.79 Å². The van der Waals surface area contributed by atoms with Crippen LogP contribution in [0, 0.1) is 28.6 Å². The van der Waals surface area contributed by atoms with Gasteiger partial charge < -0.3 is 5.11 Å². The molecule has 0 unspecified atom stereocenters. The van der Waals surface area contributed by atoms with Crippen molar-refractivity contribution in [1.29, 1.82) is 0 Å². The molecule has 0 heterocycles. The van der Waals surface area contributed by atoms with Gasteiger partial charge in [0.1, 0.15) is 0 Å². The molecular weight excluding hydrogens is 332 g/mol. The summed E-state index contributed by atoms with van der Waals surface area (Å²) in [6.07, 6.45) is 10.8. The second kappa shape index (κ2) is 5.70. The zero-order valence-corrected chi connectivity index (χ0v) is 16.5. The highest BCUT2D eigenvalue weighted by molar-refractivity contribution is 6.17. The molecule has 6 atom stereocenters. The first-order chi connectivity index (χ1) is 11.7. The summed E-state index contributed by atoms with van der Waals surface area (Å²) in [6.45, 7) is 6.96. The fraction of sp³-hybridized carbons (Fsp3) is 0.773. The zero-order chi connectivity index (χ0) is 18.0. The molecule has 2 saturated carbocycles. The number of carbonyl (C=O) groups excluding carboxylic acids is 1. The van der Waals surface area contributed by atoms with Gasteiger partial charge >= 0.3 is 0 Å². The molecule has 0 aliphatic heterocycles. The van der Waals surface area contributed by atoms with Crippen LogP contribution < -0.4 is 0 Å². The fourth-order valence-corrected chi connectivity index (χ4v) is 7.25. The van der Waals surface area contributed by atoms with E-state index in [1.165, 1.54) is 5.57 Å². The zero-order valence-electron chi connectivity index (χ0n) is 15.8. The van der Waals surface area contributed by atoms with Crippen molar-refractivity contribution in [1.82, 2.24) is 0 Å². The van der Waals surface area contributed by atoms with Gasteiger partial charge in [0, 0.05) is 23.1 Å². The average molecular weight is 363 g/mol. The quantitative estimate of drug-likeness (QED) is 0.551. The number of allylic oxidation sites excluding steroid dienone is 4. The van der Waals surface area contributed by atoms with Crippen LogP contribution >= 0.6 is 11.6 Å². The molecule has 0 amide bonds. The number of alkyl halides is 1. The second-order valence-corrected chi connectivity index (χ2v) is 9.92. The van der Waals surface area contributed by atoms with Gasteiger partial charge in [-0.15, -0.1) is 11.6 Å². The maximum absolute atomic E-state index is 12.0. The second-order valence-electron chi connectivity index (χ2n) is 9.54. The van der Waals surface area contributed by atoms with Crippen molar-refractivity contribution in [2.75, 3.05) is 5.88 Å². The number of halogens is 1. The molecule has 2 nitrogen and oxygen atoms in total. The molecule has 4 aliphatic carbocycles. The minimum atomic E-state index is -0.621. The van der Waals surface area contributed by atoms with Crippen LogP contribution in [0.15, 0.2) is 23.3 Å². The Hall–Kier alpha value is -0.600. The highest BCUT2D eigenvalue weighted by Gasteiger charge is 2.61. The summed E-state index contributed by atoms with van der Waals surface area (Å²) in [7, 11) is 0. The maximum Gasteiger partial charge on any atom is 0.155 e. The van der Waals surface area contributed by atoms with Gasteiger partial charge in [0.2, 0.25) is 0 Å². The van der Waals surface area contributed by atoms with E-state index in [-0.39, 0.29) is 10.8 Å². The van der Waals surface area contributed by atoms with Crippen LogP contribution in [0.2, 0.25) is 0 Å². The molecule has 3 heteroatoms.